The number of halogens is 1. The number of sulfonamides is 1. The van der Waals surface area contributed by atoms with Gasteiger partial charge in [-0.15, -0.1) is 0 Å². The summed E-state index contributed by atoms with van der Waals surface area (Å²) in [7, 11) is -2.83. The van der Waals surface area contributed by atoms with E-state index in [4.69, 9.17) is 16.3 Å². The van der Waals surface area contributed by atoms with Gasteiger partial charge in [-0.25, -0.2) is 8.42 Å². The summed E-state index contributed by atoms with van der Waals surface area (Å²) < 4.78 is 34.4. The molecule has 0 fully saturated rings. The number of amides is 2. The summed E-state index contributed by atoms with van der Waals surface area (Å²) in [5.74, 6) is -0.676. The normalized spacial score (nSPS) is 11.9. The molecule has 0 radical (unpaired) electrons. The number of hydrogen-bond donors (Lipinski definition) is 1. The summed E-state index contributed by atoms with van der Waals surface area (Å²) in [4.78, 5) is 28.2. The number of likely N-dealkylation sites (N-methyl/N-ethyl adjacent to an activating group) is 1. The van der Waals surface area contributed by atoms with Gasteiger partial charge >= 0.3 is 0 Å². The Balaban J connectivity index is 2.10. The fourth-order valence-electron chi connectivity index (χ4n) is 4.12. The largest absolute Gasteiger partial charge is 0.495 e. The molecule has 0 heterocycles. The Morgan fingerprint density at radius 1 is 1.00 bits per heavy atom. The highest BCUT2D eigenvalue weighted by Crippen LogP contribution is 2.35. The molecule has 0 saturated carbocycles. The van der Waals surface area contributed by atoms with Crippen LogP contribution < -0.4 is 14.4 Å². The van der Waals surface area contributed by atoms with Crippen LogP contribution in [-0.4, -0.2) is 51.4 Å². The molecule has 10 heteroatoms. The Bertz CT molecular complexity index is 1430. The number of carbonyl (C=O) groups is 2. The second kappa shape index (κ2) is 13.0. The second-order valence-corrected chi connectivity index (χ2v) is 11.5. The number of hydrogen-bond acceptors (Lipinski definition) is 5. The fraction of sp³-hybridized carbons (Fsp3) is 0.310. The van der Waals surface area contributed by atoms with Gasteiger partial charge in [-0.1, -0.05) is 59.1 Å². The van der Waals surface area contributed by atoms with Crippen molar-refractivity contribution >= 4 is 39.1 Å². The zero-order valence-electron chi connectivity index (χ0n) is 22.8. The van der Waals surface area contributed by atoms with E-state index in [-0.39, 0.29) is 33.8 Å². The van der Waals surface area contributed by atoms with Gasteiger partial charge in [0.15, 0.2) is 0 Å². The lowest BCUT2D eigenvalue weighted by Gasteiger charge is -2.32. The van der Waals surface area contributed by atoms with Crippen molar-refractivity contribution in [3.8, 4) is 5.75 Å². The molecular weight excluding hydrogens is 538 g/mol. The summed E-state index contributed by atoms with van der Waals surface area (Å²) in [6.45, 7) is 7.12. The van der Waals surface area contributed by atoms with E-state index in [0.717, 1.165) is 21.0 Å². The van der Waals surface area contributed by atoms with Gasteiger partial charge in [0.25, 0.3) is 10.0 Å². The molecule has 0 aromatic heterocycles. The number of ether oxygens (including phenoxy) is 1. The van der Waals surface area contributed by atoms with Crippen LogP contribution in [-0.2, 0) is 26.2 Å². The molecule has 0 saturated heterocycles. The highest BCUT2D eigenvalue weighted by molar-refractivity contribution is 7.92. The van der Waals surface area contributed by atoms with Gasteiger partial charge < -0.3 is 15.0 Å². The molecule has 1 N–H and O–H groups in total. The van der Waals surface area contributed by atoms with E-state index >= 15 is 0 Å². The maximum absolute atomic E-state index is 14.0. The molecule has 2 amide bonds. The highest BCUT2D eigenvalue weighted by Gasteiger charge is 2.34. The number of nitrogens with one attached hydrogen (secondary N) is 1. The summed E-state index contributed by atoms with van der Waals surface area (Å²) in [5.41, 5.74) is 2.81. The van der Waals surface area contributed by atoms with Crippen molar-refractivity contribution in [2.45, 2.75) is 45.2 Å². The third-order valence-electron chi connectivity index (χ3n) is 6.25. The molecule has 3 aromatic rings. The van der Waals surface area contributed by atoms with Gasteiger partial charge in [-0.2, -0.15) is 0 Å². The predicted octanol–water partition coefficient (Wildman–Crippen LogP) is 4.71. The van der Waals surface area contributed by atoms with Crippen molar-refractivity contribution in [1.82, 2.24) is 10.2 Å². The molecule has 0 bridgehead atoms. The van der Waals surface area contributed by atoms with Gasteiger partial charge in [0.05, 0.1) is 17.7 Å². The van der Waals surface area contributed by atoms with Crippen LogP contribution in [0.1, 0.15) is 30.5 Å². The Hall–Kier alpha value is -3.56. The summed E-state index contributed by atoms with van der Waals surface area (Å²) in [5, 5.41) is 3.02. The number of methoxy groups -OCH3 is 1. The summed E-state index contributed by atoms with van der Waals surface area (Å²) in [6, 6.07) is 17.6. The minimum atomic E-state index is -4.24. The molecule has 1 atom stereocenters. The molecule has 208 valence electrons. The first-order valence-corrected chi connectivity index (χ1v) is 14.4. The summed E-state index contributed by atoms with van der Waals surface area (Å²) in [6.07, 6.45) is 0. The van der Waals surface area contributed by atoms with E-state index in [1.807, 2.05) is 38.1 Å². The van der Waals surface area contributed by atoms with E-state index in [1.54, 1.807) is 38.1 Å². The van der Waals surface area contributed by atoms with E-state index < -0.39 is 28.5 Å². The average molecular weight is 572 g/mol. The van der Waals surface area contributed by atoms with E-state index in [0.29, 0.717) is 6.54 Å². The molecule has 0 aliphatic heterocycles. The average Bonchev–Trinajstić information content (AvgIpc) is 2.90. The Morgan fingerprint density at radius 3 is 2.31 bits per heavy atom. The molecule has 39 heavy (non-hydrogen) atoms. The van der Waals surface area contributed by atoms with E-state index in [1.165, 1.54) is 30.2 Å². The van der Waals surface area contributed by atoms with Crippen LogP contribution in [0.3, 0.4) is 0 Å². The number of rotatable bonds is 11. The molecular formula is C29H34ClN3O5S. The van der Waals surface area contributed by atoms with Gasteiger partial charge in [0.2, 0.25) is 11.8 Å². The topological polar surface area (TPSA) is 96.0 Å². The molecule has 1 unspecified atom stereocenters. The van der Waals surface area contributed by atoms with Crippen LogP contribution in [0.15, 0.2) is 71.6 Å². The predicted molar refractivity (Wildman–Crippen MR) is 154 cm³/mol. The quantitative estimate of drug-likeness (QED) is 0.359. The highest BCUT2D eigenvalue weighted by atomic mass is 35.5. The fourth-order valence-corrected chi connectivity index (χ4v) is 5.70. The smallest absolute Gasteiger partial charge is 0.264 e. The van der Waals surface area contributed by atoms with Crippen LogP contribution in [0.25, 0.3) is 0 Å². The first kappa shape index (κ1) is 30.0. The lowest BCUT2D eigenvalue weighted by molar-refractivity contribution is -0.139. The van der Waals surface area contributed by atoms with Crippen molar-refractivity contribution in [3.63, 3.8) is 0 Å². The lowest BCUT2D eigenvalue weighted by atomic mass is 10.1. The minimum Gasteiger partial charge on any atom is -0.495 e. The maximum atomic E-state index is 14.0. The Morgan fingerprint density at radius 2 is 1.69 bits per heavy atom. The van der Waals surface area contributed by atoms with Crippen LogP contribution in [0.5, 0.6) is 5.75 Å². The van der Waals surface area contributed by atoms with Gasteiger partial charge in [-0.05, 0) is 63.6 Å². The first-order chi connectivity index (χ1) is 18.5. The van der Waals surface area contributed by atoms with Crippen LogP contribution >= 0.6 is 11.6 Å². The Kier molecular flexibility index (Phi) is 9.99. The van der Waals surface area contributed by atoms with Gasteiger partial charge in [0.1, 0.15) is 18.3 Å². The SMILES string of the molecule is CCNC(=O)C(C)N(Cc1cccc(C)c1)C(=O)CN(c1cc(Cl)ccc1OC)S(=O)(=O)c1ccc(C)cc1. The van der Waals surface area contributed by atoms with E-state index in [9.17, 15) is 18.0 Å². The lowest BCUT2D eigenvalue weighted by Crippen LogP contribution is -2.51. The monoisotopic (exact) mass is 571 g/mol. The first-order valence-electron chi connectivity index (χ1n) is 12.5. The minimum absolute atomic E-state index is 0.00457. The molecule has 8 nitrogen and oxygen atoms in total. The molecule has 0 spiro atoms. The van der Waals surface area contributed by atoms with Gasteiger partial charge in [0, 0.05) is 18.1 Å². The van der Waals surface area contributed by atoms with Gasteiger partial charge in [-0.3, -0.25) is 13.9 Å². The number of aryl methyl sites for hydroxylation is 2. The molecule has 3 aromatic carbocycles. The zero-order chi connectivity index (χ0) is 28.7. The third kappa shape index (κ3) is 7.30. The van der Waals surface area contributed by atoms with Crippen molar-refractivity contribution in [2.24, 2.45) is 0 Å². The van der Waals surface area contributed by atoms with Crippen LogP contribution in [0.4, 0.5) is 5.69 Å². The number of carbonyl (C=O) groups excluding carboxylic acids is 2. The molecule has 0 aliphatic carbocycles. The second-order valence-electron chi connectivity index (χ2n) is 9.22. The van der Waals surface area contributed by atoms with Crippen LogP contribution in [0, 0.1) is 13.8 Å². The van der Waals surface area contributed by atoms with Crippen molar-refractivity contribution in [3.05, 3.63) is 88.4 Å². The van der Waals surface area contributed by atoms with E-state index in [2.05, 4.69) is 5.32 Å². The molecule has 3 rings (SSSR count). The molecule has 0 aliphatic rings. The van der Waals surface area contributed by atoms with Crippen molar-refractivity contribution in [2.75, 3.05) is 24.5 Å². The van der Waals surface area contributed by atoms with Crippen LogP contribution in [0.2, 0.25) is 5.02 Å². The zero-order valence-corrected chi connectivity index (χ0v) is 24.3. The number of nitrogens with zero attached hydrogens (tertiary/aromatic N) is 2. The Labute approximate surface area is 235 Å². The summed E-state index contributed by atoms with van der Waals surface area (Å²) >= 11 is 6.26. The number of anilines is 1. The number of benzene rings is 3. The van der Waals surface area contributed by atoms with Crippen molar-refractivity contribution < 1.29 is 22.7 Å². The third-order valence-corrected chi connectivity index (χ3v) is 8.26. The standard InChI is InChI=1S/C29H34ClN3O5S/c1-6-31-29(35)22(4)32(18-23-9-7-8-21(3)16-23)28(34)19-33(26-17-24(30)12-15-27(26)38-5)39(36,37)25-13-10-20(2)11-14-25/h7-17,22H,6,18-19H2,1-5H3,(H,31,35). The van der Waals surface area contributed by atoms with Crippen molar-refractivity contribution in [1.29, 1.82) is 0 Å². The maximum Gasteiger partial charge on any atom is 0.264 e.